The molecule has 0 radical (unpaired) electrons. The van der Waals surface area contributed by atoms with Crippen LogP contribution in [0.3, 0.4) is 0 Å². The van der Waals surface area contributed by atoms with Gasteiger partial charge >= 0.3 is 23.1 Å². The molecule has 0 unspecified atom stereocenters. The van der Waals surface area contributed by atoms with E-state index in [2.05, 4.69) is 19.6 Å². The van der Waals surface area contributed by atoms with Crippen LogP contribution in [0.25, 0.3) is 0 Å². The Morgan fingerprint density at radius 3 is 1.83 bits per heavy atom. The van der Waals surface area contributed by atoms with Gasteiger partial charge in [0.15, 0.2) is 0 Å². The van der Waals surface area contributed by atoms with Crippen molar-refractivity contribution in [3.05, 3.63) is 48.6 Å². The first-order chi connectivity index (χ1) is 4.81. The van der Waals surface area contributed by atoms with Crippen LogP contribution < -0.4 is 17.0 Å². The molecule has 0 fully saturated rings. The SMILES string of the molecule is C=CC.Cc1cc[c-]cc1.[Br-].[Mg+2]. The molecular formula is C10H13BrMg. The van der Waals surface area contributed by atoms with Gasteiger partial charge in [0.2, 0.25) is 0 Å². The van der Waals surface area contributed by atoms with Crippen LogP contribution in [0.15, 0.2) is 36.9 Å². The van der Waals surface area contributed by atoms with Crippen molar-refractivity contribution in [2.45, 2.75) is 13.8 Å². The maximum atomic E-state index is 3.36. The second-order valence-corrected chi connectivity index (χ2v) is 1.99. The van der Waals surface area contributed by atoms with Gasteiger partial charge < -0.3 is 17.0 Å². The fourth-order valence-corrected chi connectivity index (χ4v) is 0.470. The molecule has 0 aromatic heterocycles. The average molecular weight is 237 g/mol. The molecule has 0 N–H and O–H groups in total. The normalized spacial score (nSPS) is 6.17. The Bertz CT molecular complexity index is 172. The Morgan fingerprint density at radius 2 is 1.67 bits per heavy atom. The van der Waals surface area contributed by atoms with E-state index in [0.29, 0.717) is 0 Å². The van der Waals surface area contributed by atoms with Crippen LogP contribution in [0.2, 0.25) is 0 Å². The van der Waals surface area contributed by atoms with Crippen molar-refractivity contribution >= 4 is 23.1 Å². The summed E-state index contributed by atoms with van der Waals surface area (Å²) in [4.78, 5) is 0. The Balaban J connectivity index is -0.000000146. The van der Waals surface area contributed by atoms with Gasteiger partial charge in [-0.1, -0.05) is 13.0 Å². The number of hydrogen-bond acceptors (Lipinski definition) is 0. The van der Waals surface area contributed by atoms with Crippen LogP contribution in [-0.2, 0) is 0 Å². The zero-order valence-electron chi connectivity index (χ0n) is 7.68. The molecule has 0 nitrogen and oxygen atoms in total. The van der Waals surface area contributed by atoms with Gasteiger partial charge in [-0.15, -0.1) is 6.58 Å². The Kier molecular flexibility index (Phi) is 20.8. The second kappa shape index (κ2) is 13.8. The zero-order valence-corrected chi connectivity index (χ0v) is 10.7. The summed E-state index contributed by atoms with van der Waals surface area (Å²) in [5.74, 6) is 0. The van der Waals surface area contributed by atoms with E-state index in [-0.39, 0.29) is 40.0 Å². The number of aryl methyl sites for hydroxylation is 1. The first-order valence-corrected chi connectivity index (χ1v) is 3.31. The summed E-state index contributed by atoms with van der Waals surface area (Å²) in [6.07, 6.45) is 1.75. The molecule has 0 saturated carbocycles. The third kappa shape index (κ3) is 12.8. The number of hydrogen-bond donors (Lipinski definition) is 0. The standard InChI is InChI=1S/C7H7.C3H6.BrH.Mg/c1-7-5-3-2-4-6-7;1-3-2;;/h3-6H,1H3;3H,1H2,2H3;1H;/q-1;;;+2/p-1. The zero-order chi connectivity index (χ0) is 7.82. The minimum Gasteiger partial charge on any atom is -1.00 e. The Labute approximate surface area is 102 Å². The molecule has 62 valence electrons. The van der Waals surface area contributed by atoms with E-state index in [9.17, 15) is 0 Å². The van der Waals surface area contributed by atoms with Crippen LogP contribution in [0.1, 0.15) is 12.5 Å². The molecule has 0 aliphatic rings. The van der Waals surface area contributed by atoms with Gasteiger partial charge in [-0.3, -0.25) is 0 Å². The molecule has 0 bridgehead atoms. The molecule has 12 heavy (non-hydrogen) atoms. The van der Waals surface area contributed by atoms with Gasteiger partial charge in [-0.25, -0.2) is 0 Å². The monoisotopic (exact) mass is 236 g/mol. The minimum absolute atomic E-state index is 0. The van der Waals surface area contributed by atoms with Gasteiger partial charge in [-0.05, 0) is 6.92 Å². The number of halogens is 1. The molecule has 0 spiro atoms. The Hall–Kier alpha value is 0.206. The third-order valence-electron chi connectivity index (χ3n) is 0.885. The fourth-order valence-electron chi connectivity index (χ4n) is 0.470. The smallest absolute Gasteiger partial charge is 1.00 e. The molecule has 0 aliphatic heterocycles. The third-order valence-corrected chi connectivity index (χ3v) is 0.885. The van der Waals surface area contributed by atoms with Crippen LogP contribution >= 0.6 is 0 Å². The van der Waals surface area contributed by atoms with Gasteiger partial charge in [-0.2, -0.15) is 35.9 Å². The van der Waals surface area contributed by atoms with E-state index in [0.717, 1.165) is 0 Å². The van der Waals surface area contributed by atoms with Crippen molar-refractivity contribution in [3.8, 4) is 0 Å². The van der Waals surface area contributed by atoms with Crippen LogP contribution in [0.5, 0.6) is 0 Å². The molecule has 0 aliphatic carbocycles. The van der Waals surface area contributed by atoms with Gasteiger partial charge in [0, 0.05) is 0 Å². The summed E-state index contributed by atoms with van der Waals surface area (Å²) in [6.45, 7) is 7.31. The molecule has 0 heterocycles. The summed E-state index contributed by atoms with van der Waals surface area (Å²) in [7, 11) is 0. The average Bonchev–Trinajstić information content (AvgIpc) is 1.91. The van der Waals surface area contributed by atoms with Gasteiger partial charge in [0.25, 0.3) is 0 Å². The van der Waals surface area contributed by atoms with Crippen molar-refractivity contribution in [1.29, 1.82) is 0 Å². The first-order valence-electron chi connectivity index (χ1n) is 3.31. The van der Waals surface area contributed by atoms with E-state index in [1.54, 1.807) is 6.08 Å². The van der Waals surface area contributed by atoms with Crippen LogP contribution in [0, 0.1) is 13.0 Å². The van der Waals surface area contributed by atoms with Crippen LogP contribution in [-0.4, -0.2) is 23.1 Å². The molecule has 0 amide bonds. The summed E-state index contributed by atoms with van der Waals surface area (Å²) in [5, 5.41) is 0. The Morgan fingerprint density at radius 1 is 1.33 bits per heavy atom. The van der Waals surface area contributed by atoms with E-state index >= 15 is 0 Å². The summed E-state index contributed by atoms with van der Waals surface area (Å²) < 4.78 is 0. The summed E-state index contributed by atoms with van der Waals surface area (Å²) >= 11 is 0. The van der Waals surface area contributed by atoms with Gasteiger partial charge in [0.05, 0.1) is 0 Å². The van der Waals surface area contributed by atoms with Crippen molar-refractivity contribution in [2.75, 3.05) is 0 Å². The predicted octanol–water partition coefficient (Wildman–Crippen LogP) is -0.389. The maximum Gasteiger partial charge on any atom is 2.00 e. The van der Waals surface area contributed by atoms with Crippen molar-refractivity contribution < 1.29 is 17.0 Å². The molecule has 1 rings (SSSR count). The molecule has 1 aromatic carbocycles. The second-order valence-electron chi connectivity index (χ2n) is 1.99. The van der Waals surface area contributed by atoms with Gasteiger partial charge in [0.1, 0.15) is 0 Å². The number of allylic oxidation sites excluding steroid dienone is 1. The largest absolute Gasteiger partial charge is 2.00 e. The van der Waals surface area contributed by atoms with E-state index < -0.39 is 0 Å². The molecule has 0 atom stereocenters. The van der Waals surface area contributed by atoms with Crippen molar-refractivity contribution in [2.24, 2.45) is 0 Å². The van der Waals surface area contributed by atoms with Crippen molar-refractivity contribution in [1.82, 2.24) is 0 Å². The predicted molar refractivity (Wildman–Crippen MR) is 51.6 cm³/mol. The molecule has 0 saturated heterocycles. The molecule has 2 heteroatoms. The fraction of sp³-hybridized carbons (Fsp3) is 0.200. The summed E-state index contributed by atoms with van der Waals surface area (Å²) in [6, 6.07) is 10.8. The number of benzene rings is 1. The first kappa shape index (κ1) is 18.1. The maximum absolute atomic E-state index is 3.36. The topological polar surface area (TPSA) is 0 Å². The van der Waals surface area contributed by atoms with E-state index in [1.165, 1.54) is 5.56 Å². The molecular weight excluding hydrogens is 224 g/mol. The van der Waals surface area contributed by atoms with Crippen molar-refractivity contribution in [3.63, 3.8) is 0 Å². The minimum atomic E-state index is 0. The number of rotatable bonds is 0. The van der Waals surface area contributed by atoms with E-state index in [4.69, 9.17) is 0 Å². The van der Waals surface area contributed by atoms with Crippen LogP contribution in [0.4, 0.5) is 0 Å². The quantitative estimate of drug-likeness (QED) is 0.328. The molecule has 1 aromatic rings. The van der Waals surface area contributed by atoms with E-state index in [1.807, 2.05) is 31.2 Å². The summed E-state index contributed by atoms with van der Waals surface area (Å²) in [5.41, 5.74) is 1.29.